The van der Waals surface area contributed by atoms with Crippen LogP contribution in [0.1, 0.15) is 60.5 Å². The lowest BCUT2D eigenvalue weighted by Crippen LogP contribution is -2.70. The molecule has 0 bridgehead atoms. The fraction of sp³-hybridized carbons (Fsp3) is 0.647. The van der Waals surface area contributed by atoms with E-state index in [0.29, 0.717) is 0 Å². The number of nitrogens with zero attached hydrogens (tertiary/aromatic N) is 4. The first kappa shape index (κ1) is 36.5. The second kappa shape index (κ2) is 15.2. The van der Waals surface area contributed by atoms with Crippen LogP contribution in [0.2, 0.25) is 0 Å². The van der Waals surface area contributed by atoms with Gasteiger partial charge in [0.15, 0.2) is 6.04 Å². The van der Waals surface area contributed by atoms with Gasteiger partial charge in [0.1, 0.15) is 18.3 Å². The van der Waals surface area contributed by atoms with E-state index in [-0.39, 0.29) is 82.2 Å². The molecule has 14 nitrogen and oxygen atoms in total. The SMILES string of the molecule is CC(C)C(OC(=O)N1CCN(C(=O)N2C(=O)[C@H](CC(=O)N3CC(NC(=O)OC(C)(C)C)C3)[C@H]2C(=O)OCc2ccccc2)CC1)C(C)C. The van der Waals surface area contributed by atoms with Gasteiger partial charge in [-0.25, -0.2) is 24.1 Å². The van der Waals surface area contributed by atoms with Crippen molar-refractivity contribution in [3.8, 4) is 0 Å². The Kier molecular flexibility index (Phi) is 11.6. The Morgan fingerprint density at radius 1 is 0.875 bits per heavy atom. The zero-order valence-electron chi connectivity index (χ0n) is 29.0. The van der Waals surface area contributed by atoms with Crippen LogP contribution >= 0.6 is 0 Å². The van der Waals surface area contributed by atoms with Gasteiger partial charge in [0, 0.05) is 45.7 Å². The minimum atomic E-state index is -1.28. The van der Waals surface area contributed by atoms with E-state index < -0.39 is 47.7 Å². The Morgan fingerprint density at radius 2 is 1.46 bits per heavy atom. The standard InChI is InChI=1S/C34H49N5O9/c1-21(2)28(22(3)4)47-33(45)37-15-13-36(14-16-37)32(44)39-27(30(42)46-20-23-11-9-8-10-12-23)25(29(39)41)17-26(40)38-18-24(19-38)35-31(43)48-34(5,6)7/h8-12,21-22,24-25,27-28H,13-20H2,1-7H3,(H,35,43)/t25-,27+/m1/s1. The monoisotopic (exact) mass is 671 g/mol. The largest absolute Gasteiger partial charge is 0.459 e. The van der Waals surface area contributed by atoms with Crippen LogP contribution < -0.4 is 5.32 Å². The first-order valence-electron chi connectivity index (χ1n) is 16.6. The zero-order chi connectivity index (χ0) is 35.3. The molecule has 1 aromatic carbocycles. The molecule has 48 heavy (non-hydrogen) atoms. The minimum absolute atomic E-state index is 0.0638. The summed E-state index contributed by atoms with van der Waals surface area (Å²) in [5.74, 6) is -2.60. The molecule has 0 radical (unpaired) electrons. The number of hydrogen-bond donors (Lipinski definition) is 1. The van der Waals surface area contributed by atoms with Gasteiger partial charge in [0.05, 0.1) is 12.0 Å². The summed E-state index contributed by atoms with van der Waals surface area (Å²) in [4.78, 5) is 83.8. The van der Waals surface area contributed by atoms with Gasteiger partial charge >= 0.3 is 24.2 Å². The van der Waals surface area contributed by atoms with Crippen LogP contribution in [0.25, 0.3) is 0 Å². The Hall–Kier alpha value is -4.36. The van der Waals surface area contributed by atoms with Crippen molar-refractivity contribution >= 4 is 36.0 Å². The first-order valence-corrected chi connectivity index (χ1v) is 16.6. The molecule has 0 aliphatic carbocycles. The molecule has 3 aliphatic rings. The lowest BCUT2D eigenvalue weighted by atomic mass is 9.84. The number of piperazine rings is 1. The molecule has 3 fully saturated rings. The third kappa shape index (κ3) is 8.95. The number of carbonyl (C=O) groups excluding carboxylic acids is 6. The molecule has 0 saturated carbocycles. The fourth-order valence-electron chi connectivity index (χ4n) is 6.08. The van der Waals surface area contributed by atoms with Crippen molar-refractivity contribution in [1.82, 2.24) is 24.9 Å². The highest BCUT2D eigenvalue weighted by Crippen LogP contribution is 2.33. The number of esters is 1. The van der Waals surface area contributed by atoms with Gasteiger partial charge in [-0.15, -0.1) is 0 Å². The lowest BCUT2D eigenvalue weighted by molar-refractivity contribution is -0.173. The summed E-state index contributed by atoms with van der Waals surface area (Å²) in [5.41, 5.74) is 0.0667. The van der Waals surface area contributed by atoms with Crippen molar-refractivity contribution in [3.63, 3.8) is 0 Å². The van der Waals surface area contributed by atoms with Gasteiger partial charge in [-0.1, -0.05) is 58.0 Å². The summed E-state index contributed by atoms with van der Waals surface area (Å²) in [6.07, 6.45) is -1.58. The summed E-state index contributed by atoms with van der Waals surface area (Å²) >= 11 is 0. The number of carbonyl (C=O) groups is 6. The number of hydrogen-bond acceptors (Lipinski definition) is 9. The van der Waals surface area contributed by atoms with Gasteiger partial charge in [-0.05, 0) is 38.2 Å². The molecule has 3 saturated heterocycles. The maximum absolute atomic E-state index is 13.6. The predicted molar refractivity (Wildman–Crippen MR) is 173 cm³/mol. The number of β-lactam (4-membered cyclic amide) rings is 1. The van der Waals surface area contributed by atoms with Gasteiger partial charge in [0.25, 0.3) is 0 Å². The van der Waals surface area contributed by atoms with Crippen molar-refractivity contribution in [2.75, 3.05) is 39.3 Å². The van der Waals surface area contributed by atoms with Crippen LogP contribution in [-0.2, 0) is 35.2 Å². The van der Waals surface area contributed by atoms with Crippen LogP contribution in [0, 0.1) is 17.8 Å². The normalized spacial score (nSPS) is 20.0. The first-order chi connectivity index (χ1) is 22.6. The third-order valence-corrected chi connectivity index (χ3v) is 8.59. The number of imide groups is 1. The third-order valence-electron chi connectivity index (χ3n) is 8.59. The molecule has 264 valence electrons. The van der Waals surface area contributed by atoms with Crippen molar-refractivity contribution in [2.45, 2.75) is 85.3 Å². The van der Waals surface area contributed by atoms with Crippen molar-refractivity contribution < 1.29 is 43.0 Å². The highest BCUT2D eigenvalue weighted by Gasteiger charge is 2.57. The fourth-order valence-corrected chi connectivity index (χ4v) is 6.08. The quantitative estimate of drug-likeness (QED) is 0.237. The Labute approximate surface area is 282 Å². The number of urea groups is 1. The number of ether oxygens (including phenoxy) is 3. The van der Waals surface area contributed by atoms with Crippen LogP contribution in [0.4, 0.5) is 14.4 Å². The predicted octanol–water partition coefficient (Wildman–Crippen LogP) is 3.24. The van der Waals surface area contributed by atoms with E-state index >= 15 is 0 Å². The number of benzene rings is 1. The molecule has 14 heteroatoms. The molecule has 0 unspecified atom stereocenters. The number of amides is 6. The summed E-state index contributed by atoms with van der Waals surface area (Å²) in [7, 11) is 0. The average molecular weight is 672 g/mol. The Morgan fingerprint density at radius 3 is 2.02 bits per heavy atom. The summed E-state index contributed by atoms with van der Waals surface area (Å²) in [5, 5.41) is 2.71. The average Bonchev–Trinajstić information content (AvgIpc) is 3.00. The maximum Gasteiger partial charge on any atom is 0.410 e. The number of alkyl carbamates (subject to hydrolysis) is 1. The molecule has 2 atom stereocenters. The van der Waals surface area contributed by atoms with Gasteiger partial charge in [0.2, 0.25) is 11.8 Å². The molecular weight excluding hydrogens is 622 g/mol. The van der Waals surface area contributed by atoms with E-state index in [4.69, 9.17) is 14.2 Å². The van der Waals surface area contributed by atoms with E-state index in [2.05, 4.69) is 5.32 Å². The smallest absolute Gasteiger partial charge is 0.410 e. The highest BCUT2D eigenvalue weighted by molar-refractivity contribution is 6.09. The summed E-state index contributed by atoms with van der Waals surface area (Å²) in [6, 6.07) is 6.73. The summed E-state index contributed by atoms with van der Waals surface area (Å²) < 4.78 is 16.5. The number of nitrogens with one attached hydrogen (secondary N) is 1. The molecular formula is C34H49N5O9. The van der Waals surface area contributed by atoms with Crippen molar-refractivity contribution in [2.24, 2.45) is 17.8 Å². The molecule has 4 rings (SSSR count). The van der Waals surface area contributed by atoms with Crippen LogP contribution in [0.15, 0.2) is 30.3 Å². The van der Waals surface area contributed by atoms with Crippen LogP contribution in [0.3, 0.4) is 0 Å². The second-order valence-electron chi connectivity index (χ2n) is 14.3. The van der Waals surface area contributed by atoms with E-state index in [9.17, 15) is 28.8 Å². The molecule has 0 spiro atoms. The van der Waals surface area contributed by atoms with Gasteiger partial charge < -0.3 is 34.2 Å². The molecule has 6 amide bonds. The van der Waals surface area contributed by atoms with Crippen LogP contribution in [-0.4, -0.2) is 119 Å². The van der Waals surface area contributed by atoms with E-state index in [1.807, 2.05) is 33.8 Å². The lowest BCUT2D eigenvalue weighted by Gasteiger charge is -2.47. The maximum atomic E-state index is 13.6. The van der Waals surface area contributed by atoms with E-state index in [0.717, 1.165) is 10.5 Å². The molecule has 3 heterocycles. The van der Waals surface area contributed by atoms with Crippen molar-refractivity contribution in [3.05, 3.63) is 35.9 Å². The van der Waals surface area contributed by atoms with E-state index in [1.165, 1.54) is 14.7 Å². The van der Waals surface area contributed by atoms with Crippen molar-refractivity contribution in [1.29, 1.82) is 0 Å². The molecule has 1 aromatic rings. The van der Waals surface area contributed by atoms with Gasteiger partial charge in [-0.3, -0.25) is 9.59 Å². The molecule has 3 aliphatic heterocycles. The zero-order valence-corrected chi connectivity index (χ0v) is 29.0. The van der Waals surface area contributed by atoms with Gasteiger partial charge in [-0.2, -0.15) is 0 Å². The van der Waals surface area contributed by atoms with E-state index in [1.54, 1.807) is 45.0 Å². The minimum Gasteiger partial charge on any atom is -0.459 e. The second-order valence-corrected chi connectivity index (χ2v) is 14.3. The molecule has 1 N–H and O–H groups in total. The highest BCUT2D eigenvalue weighted by atomic mass is 16.6. The number of likely N-dealkylation sites (tertiary alicyclic amines) is 2. The molecule has 0 aromatic heterocycles. The topological polar surface area (TPSA) is 155 Å². The number of rotatable bonds is 9. The van der Waals surface area contributed by atoms with Crippen LogP contribution in [0.5, 0.6) is 0 Å². The summed E-state index contributed by atoms with van der Waals surface area (Å²) in [6.45, 7) is 14.3. The Bertz CT molecular complexity index is 1340. The Balaban J connectivity index is 1.37.